The summed E-state index contributed by atoms with van der Waals surface area (Å²) in [5, 5.41) is 22.8. The molecule has 0 radical (unpaired) electrons. The van der Waals surface area contributed by atoms with E-state index in [0.29, 0.717) is 17.7 Å². The maximum Gasteiger partial charge on any atom is 0.221 e. The number of piperazine rings is 1. The molecule has 30 heavy (non-hydrogen) atoms. The van der Waals surface area contributed by atoms with Crippen molar-refractivity contribution in [1.29, 1.82) is 0 Å². The van der Waals surface area contributed by atoms with Crippen molar-refractivity contribution in [3.8, 4) is 5.75 Å². The molecular formula is C24H33N3O3. The summed E-state index contributed by atoms with van der Waals surface area (Å²) in [7, 11) is 0. The summed E-state index contributed by atoms with van der Waals surface area (Å²) in [4.78, 5) is 16.2. The van der Waals surface area contributed by atoms with Crippen LogP contribution in [0.1, 0.15) is 44.3 Å². The van der Waals surface area contributed by atoms with Gasteiger partial charge in [-0.2, -0.15) is 0 Å². The smallest absolute Gasteiger partial charge is 0.221 e. The number of phenols is 1. The molecule has 0 saturated carbocycles. The van der Waals surface area contributed by atoms with Crippen molar-refractivity contribution in [2.45, 2.75) is 38.7 Å². The molecule has 6 heteroatoms. The summed E-state index contributed by atoms with van der Waals surface area (Å²) in [5.41, 5.74) is 2.37. The van der Waals surface area contributed by atoms with Crippen LogP contribution in [0.2, 0.25) is 0 Å². The van der Waals surface area contributed by atoms with Crippen LogP contribution in [0.3, 0.4) is 0 Å². The lowest BCUT2D eigenvalue weighted by atomic mass is 10.0. The minimum Gasteiger partial charge on any atom is -0.506 e. The van der Waals surface area contributed by atoms with Crippen molar-refractivity contribution in [1.82, 2.24) is 4.90 Å². The molecule has 3 N–H and O–H groups in total. The van der Waals surface area contributed by atoms with Crippen LogP contribution in [0.4, 0.5) is 11.4 Å². The molecule has 1 atom stereocenters. The predicted octanol–water partition coefficient (Wildman–Crippen LogP) is 3.77. The van der Waals surface area contributed by atoms with Crippen molar-refractivity contribution in [3.63, 3.8) is 0 Å². The number of carbonyl (C=O) groups excluding carboxylic acids is 1. The molecule has 0 spiro atoms. The third-order valence-corrected chi connectivity index (χ3v) is 5.66. The van der Waals surface area contributed by atoms with Gasteiger partial charge in [0.25, 0.3) is 0 Å². The van der Waals surface area contributed by atoms with Gasteiger partial charge in [-0.3, -0.25) is 9.69 Å². The number of phenolic OH excluding ortho intramolecular Hbond substituents is 1. The Labute approximate surface area is 179 Å². The molecule has 1 saturated heterocycles. The van der Waals surface area contributed by atoms with Crippen LogP contribution in [0.15, 0.2) is 48.5 Å². The first kappa shape index (κ1) is 22.1. The molecule has 3 rings (SSSR count). The predicted molar refractivity (Wildman–Crippen MR) is 121 cm³/mol. The van der Waals surface area contributed by atoms with E-state index in [4.69, 9.17) is 0 Å². The first-order chi connectivity index (χ1) is 14.5. The van der Waals surface area contributed by atoms with Crippen molar-refractivity contribution >= 4 is 17.3 Å². The van der Waals surface area contributed by atoms with Gasteiger partial charge < -0.3 is 20.4 Å². The zero-order chi connectivity index (χ0) is 21.3. The number of hydrogen-bond donors (Lipinski definition) is 3. The van der Waals surface area contributed by atoms with Crippen LogP contribution >= 0.6 is 0 Å². The van der Waals surface area contributed by atoms with Crippen LogP contribution in [-0.2, 0) is 4.79 Å². The number of benzene rings is 2. The van der Waals surface area contributed by atoms with Gasteiger partial charge in [-0.1, -0.05) is 37.1 Å². The molecule has 0 bridgehead atoms. The molecule has 1 fully saturated rings. The van der Waals surface area contributed by atoms with Gasteiger partial charge in [-0.05, 0) is 49.2 Å². The summed E-state index contributed by atoms with van der Waals surface area (Å²) in [6.07, 6.45) is 3.23. The molecule has 0 aromatic heterocycles. The maximum atomic E-state index is 11.2. The number of amides is 1. The molecule has 1 aliphatic rings. The summed E-state index contributed by atoms with van der Waals surface area (Å²) >= 11 is 0. The van der Waals surface area contributed by atoms with Crippen LogP contribution in [-0.4, -0.2) is 53.7 Å². The van der Waals surface area contributed by atoms with E-state index >= 15 is 0 Å². The van der Waals surface area contributed by atoms with Crippen molar-refractivity contribution < 1.29 is 15.0 Å². The molecule has 162 valence electrons. The maximum absolute atomic E-state index is 11.2. The van der Waals surface area contributed by atoms with Gasteiger partial charge in [0.1, 0.15) is 5.75 Å². The second kappa shape index (κ2) is 11.0. The largest absolute Gasteiger partial charge is 0.506 e. The van der Waals surface area contributed by atoms with Gasteiger partial charge in [-0.15, -0.1) is 0 Å². The van der Waals surface area contributed by atoms with E-state index in [0.717, 1.165) is 52.0 Å². The fraction of sp³-hybridized carbons (Fsp3) is 0.458. The molecule has 1 aliphatic heterocycles. The van der Waals surface area contributed by atoms with Gasteiger partial charge in [0.05, 0.1) is 11.8 Å². The number of aliphatic hydroxyl groups excluding tert-OH is 1. The van der Waals surface area contributed by atoms with E-state index < -0.39 is 6.10 Å². The van der Waals surface area contributed by atoms with Crippen LogP contribution in [0, 0.1) is 0 Å². The molecule has 6 nitrogen and oxygen atoms in total. The van der Waals surface area contributed by atoms with E-state index in [-0.39, 0.29) is 11.7 Å². The average molecular weight is 412 g/mol. The van der Waals surface area contributed by atoms with Gasteiger partial charge in [0, 0.05) is 38.8 Å². The Bertz CT molecular complexity index is 805. The number of unbranched alkanes of at least 4 members (excludes halogenated alkanes) is 2. The fourth-order valence-corrected chi connectivity index (χ4v) is 3.94. The Hall–Kier alpha value is -2.57. The molecule has 1 amide bonds. The van der Waals surface area contributed by atoms with Crippen molar-refractivity contribution in [3.05, 3.63) is 54.1 Å². The highest BCUT2D eigenvalue weighted by Gasteiger charge is 2.16. The molecule has 0 aliphatic carbocycles. The second-order valence-electron chi connectivity index (χ2n) is 7.99. The molecule has 2 aromatic carbocycles. The number of nitrogens with zero attached hydrogens (tertiary/aromatic N) is 2. The van der Waals surface area contributed by atoms with Crippen LogP contribution in [0.5, 0.6) is 5.75 Å². The number of hydrogen-bond acceptors (Lipinski definition) is 5. The Morgan fingerprint density at radius 1 is 1.03 bits per heavy atom. The number of aromatic hydroxyl groups is 1. The normalized spacial score (nSPS) is 15.7. The van der Waals surface area contributed by atoms with E-state index in [1.807, 2.05) is 0 Å². The second-order valence-corrected chi connectivity index (χ2v) is 7.99. The molecule has 1 unspecified atom stereocenters. The molecule has 1 heterocycles. The van der Waals surface area contributed by atoms with Crippen LogP contribution in [0.25, 0.3) is 0 Å². The standard InChI is InChI=1S/C24H33N3O3/c1-19(28)25-22-18-20(11-12-24(22)30)23(29)10-6-3-7-13-26-14-16-27(17-15-26)21-8-4-2-5-9-21/h2,4-5,8-9,11-12,18,23,29-30H,3,6-7,10,13-17H2,1H3,(H,25,28). The zero-order valence-electron chi connectivity index (χ0n) is 17.8. The molecular weight excluding hydrogens is 378 g/mol. The first-order valence-electron chi connectivity index (χ1n) is 10.8. The number of aliphatic hydroxyl groups is 1. The number of para-hydroxylation sites is 1. The number of rotatable bonds is 9. The van der Waals surface area contributed by atoms with E-state index in [1.54, 1.807) is 12.1 Å². The Morgan fingerprint density at radius 2 is 1.77 bits per heavy atom. The van der Waals surface area contributed by atoms with Gasteiger partial charge >= 0.3 is 0 Å². The Morgan fingerprint density at radius 3 is 2.47 bits per heavy atom. The summed E-state index contributed by atoms with van der Waals surface area (Å²) in [6.45, 7) is 6.82. The third kappa shape index (κ3) is 6.47. The minimum absolute atomic E-state index is 0.00788. The number of anilines is 2. The van der Waals surface area contributed by atoms with E-state index in [1.165, 1.54) is 18.7 Å². The zero-order valence-corrected chi connectivity index (χ0v) is 17.8. The summed E-state index contributed by atoms with van der Waals surface area (Å²) < 4.78 is 0. The lowest BCUT2D eigenvalue weighted by Gasteiger charge is -2.36. The summed E-state index contributed by atoms with van der Waals surface area (Å²) in [6, 6.07) is 15.5. The van der Waals surface area contributed by atoms with E-state index in [2.05, 4.69) is 45.4 Å². The van der Waals surface area contributed by atoms with Crippen LogP contribution < -0.4 is 10.2 Å². The Balaban J connectivity index is 1.33. The van der Waals surface area contributed by atoms with Crippen molar-refractivity contribution in [2.75, 3.05) is 42.9 Å². The van der Waals surface area contributed by atoms with Gasteiger partial charge in [-0.25, -0.2) is 0 Å². The van der Waals surface area contributed by atoms with Gasteiger partial charge in [0.2, 0.25) is 5.91 Å². The minimum atomic E-state index is -0.590. The van der Waals surface area contributed by atoms with Gasteiger partial charge in [0.15, 0.2) is 0 Å². The third-order valence-electron chi connectivity index (χ3n) is 5.66. The molecule has 2 aromatic rings. The van der Waals surface area contributed by atoms with E-state index in [9.17, 15) is 15.0 Å². The fourth-order valence-electron chi connectivity index (χ4n) is 3.94. The topological polar surface area (TPSA) is 76.0 Å². The number of nitrogens with one attached hydrogen (secondary N) is 1. The first-order valence-corrected chi connectivity index (χ1v) is 10.8. The Kier molecular flexibility index (Phi) is 8.11. The average Bonchev–Trinajstić information content (AvgIpc) is 2.75. The lowest BCUT2D eigenvalue weighted by molar-refractivity contribution is -0.114. The highest BCUT2D eigenvalue weighted by molar-refractivity contribution is 5.90. The quantitative estimate of drug-likeness (QED) is 0.433. The van der Waals surface area contributed by atoms with Crippen molar-refractivity contribution in [2.24, 2.45) is 0 Å². The lowest BCUT2D eigenvalue weighted by Crippen LogP contribution is -2.46. The monoisotopic (exact) mass is 411 g/mol. The number of carbonyl (C=O) groups is 1. The highest BCUT2D eigenvalue weighted by atomic mass is 16.3. The summed E-state index contributed by atoms with van der Waals surface area (Å²) in [5.74, 6) is -0.241. The highest BCUT2D eigenvalue weighted by Crippen LogP contribution is 2.29. The SMILES string of the molecule is CC(=O)Nc1cc(C(O)CCCCCN2CCN(c3ccccc3)CC2)ccc1O.